The molecule has 1 aromatic heterocycles. The molecule has 1 aliphatic rings. The molecule has 21 heavy (non-hydrogen) atoms. The van der Waals surface area contributed by atoms with Crippen LogP contribution in [0.2, 0.25) is 5.15 Å². The summed E-state index contributed by atoms with van der Waals surface area (Å²) in [5.41, 5.74) is 0.686. The normalized spacial score (nSPS) is 17.0. The third-order valence-electron chi connectivity index (χ3n) is 3.81. The highest BCUT2D eigenvalue weighted by Crippen LogP contribution is 2.27. The van der Waals surface area contributed by atoms with Crippen LogP contribution in [0.3, 0.4) is 0 Å². The molecular weight excluding hydrogens is 286 g/mol. The van der Waals surface area contributed by atoms with Crippen LogP contribution in [0.5, 0.6) is 5.88 Å². The number of halogens is 1. The van der Waals surface area contributed by atoms with E-state index >= 15 is 0 Å². The first kappa shape index (κ1) is 16.5. The number of ether oxygens (including phenoxy) is 1. The molecule has 5 heteroatoms. The van der Waals surface area contributed by atoms with Gasteiger partial charge < -0.3 is 4.74 Å². The third-order valence-corrected chi connectivity index (χ3v) is 4.18. The van der Waals surface area contributed by atoms with Gasteiger partial charge in [-0.2, -0.15) is 4.98 Å². The van der Waals surface area contributed by atoms with Crippen molar-refractivity contribution < 1.29 is 4.74 Å². The molecule has 0 atom stereocenters. The second kappa shape index (κ2) is 6.93. The van der Waals surface area contributed by atoms with Crippen molar-refractivity contribution in [3.05, 3.63) is 16.5 Å². The van der Waals surface area contributed by atoms with Gasteiger partial charge in [-0.1, -0.05) is 38.8 Å². The number of hydrogen-bond acceptors (Lipinski definition) is 4. The summed E-state index contributed by atoms with van der Waals surface area (Å²) in [5, 5.41) is 0.489. The molecule has 0 aromatic carbocycles. The lowest BCUT2D eigenvalue weighted by Crippen LogP contribution is -2.33. The Bertz CT molecular complexity index is 479. The zero-order valence-electron chi connectivity index (χ0n) is 13.6. The summed E-state index contributed by atoms with van der Waals surface area (Å²) in [4.78, 5) is 11.4. The highest BCUT2D eigenvalue weighted by atomic mass is 35.5. The van der Waals surface area contributed by atoms with Gasteiger partial charge in [0.25, 0.3) is 0 Å². The zero-order chi connectivity index (χ0) is 15.5. The first-order valence-corrected chi connectivity index (χ1v) is 8.15. The van der Waals surface area contributed by atoms with Gasteiger partial charge in [0.1, 0.15) is 17.6 Å². The minimum Gasteiger partial charge on any atom is -0.476 e. The van der Waals surface area contributed by atoms with E-state index in [-0.39, 0.29) is 5.41 Å². The molecule has 0 N–H and O–H groups in total. The molecule has 1 aliphatic heterocycles. The summed E-state index contributed by atoms with van der Waals surface area (Å²) in [5.74, 6) is 1.35. The van der Waals surface area contributed by atoms with Gasteiger partial charge in [0.05, 0.1) is 0 Å². The molecule has 0 saturated carbocycles. The molecular formula is C16H26ClN3O. The van der Waals surface area contributed by atoms with E-state index in [1.54, 1.807) is 0 Å². The van der Waals surface area contributed by atoms with Crippen molar-refractivity contribution in [3.8, 4) is 5.88 Å². The Morgan fingerprint density at radius 3 is 2.43 bits per heavy atom. The van der Waals surface area contributed by atoms with E-state index in [0.717, 1.165) is 17.9 Å². The quantitative estimate of drug-likeness (QED) is 0.796. The van der Waals surface area contributed by atoms with Crippen LogP contribution in [0.1, 0.15) is 51.4 Å². The van der Waals surface area contributed by atoms with E-state index in [9.17, 15) is 0 Å². The molecule has 1 aromatic rings. The van der Waals surface area contributed by atoms with Gasteiger partial charge in [-0.15, -0.1) is 0 Å². The third kappa shape index (κ3) is 4.55. The van der Waals surface area contributed by atoms with Gasteiger partial charge in [-0.05, 0) is 32.9 Å². The van der Waals surface area contributed by atoms with Crippen LogP contribution in [-0.2, 0) is 5.41 Å². The Hall–Kier alpha value is -0.870. The van der Waals surface area contributed by atoms with Crippen LogP contribution in [0, 0.1) is 6.92 Å². The Morgan fingerprint density at radius 1 is 1.14 bits per heavy atom. The first-order chi connectivity index (χ1) is 9.88. The Labute approximate surface area is 132 Å². The molecule has 0 aliphatic carbocycles. The molecule has 0 spiro atoms. The Kier molecular flexibility index (Phi) is 5.44. The van der Waals surface area contributed by atoms with Gasteiger partial charge in [0.15, 0.2) is 0 Å². The highest BCUT2D eigenvalue weighted by Gasteiger charge is 2.21. The fraction of sp³-hybridized carbons (Fsp3) is 0.750. The van der Waals surface area contributed by atoms with Crippen molar-refractivity contribution >= 4 is 11.6 Å². The van der Waals surface area contributed by atoms with Crippen molar-refractivity contribution in [2.45, 2.75) is 52.4 Å². The average Bonchev–Trinajstić information content (AvgIpc) is 2.43. The van der Waals surface area contributed by atoms with E-state index in [0.29, 0.717) is 17.6 Å². The maximum atomic E-state index is 6.21. The van der Waals surface area contributed by atoms with Crippen molar-refractivity contribution in [2.24, 2.45) is 0 Å². The number of likely N-dealkylation sites (tertiary alicyclic amines) is 1. The number of aromatic nitrogens is 2. The SMILES string of the molecule is Cc1c(Cl)nc(C(C)(C)C)nc1OCCN1CCCCC1. The molecule has 0 amide bonds. The molecule has 1 fully saturated rings. The summed E-state index contributed by atoms with van der Waals surface area (Å²) in [6.07, 6.45) is 3.95. The van der Waals surface area contributed by atoms with Crippen LogP contribution in [0.4, 0.5) is 0 Å². The van der Waals surface area contributed by atoms with E-state index < -0.39 is 0 Å². The van der Waals surface area contributed by atoms with Crippen molar-refractivity contribution in [1.29, 1.82) is 0 Å². The Morgan fingerprint density at radius 2 is 1.81 bits per heavy atom. The molecule has 118 valence electrons. The minimum absolute atomic E-state index is 0.137. The predicted molar refractivity (Wildman–Crippen MR) is 86.3 cm³/mol. The average molecular weight is 312 g/mol. The minimum atomic E-state index is -0.137. The molecule has 2 rings (SSSR count). The highest BCUT2D eigenvalue weighted by molar-refractivity contribution is 6.30. The molecule has 1 saturated heterocycles. The van der Waals surface area contributed by atoms with Gasteiger partial charge >= 0.3 is 0 Å². The lowest BCUT2D eigenvalue weighted by atomic mass is 9.96. The molecule has 2 heterocycles. The first-order valence-electron chi connectivity index (χ1n) is 7.77. The largest absolute Gasteiger partial charge is 0.476 e. The van der Waals surface area contributed by atoms with Gasteiger partial charge in [0, 0.05) is 17.5 Å². The molecule has 4 nitrogen and oxygen atoms in total. The standard InChI is InChI=1S/C16H26ClN3O/c1-12-13(17)18-15(16(2,3)4)19-14(12)21-11-10-20-8-6-5-7-9-20/h5-11H2,1-4H3. The van der Waals surface area contributed by atoms with Crippen molar-refractivity contribution in [1.82, 2.24) is 14.9 Å². The van der Waals surface area contributed by atoms with Crippen LogP contribution in [0.15, 0.2) is 0 Å². The van der Waals surface area contributed by atoms with Crippen molar-refractivity contribution in [3.63, 3.8) is 0 Å². The van der Waals surface area contributed by atoms with Crippen molar-refractivity contribution in [2.75, 3.05) is 26.2 Å². The lowest BCUT2D eigenvalue weighted by molar-refractivity contribution is 0.179. The maximum Gasteiger partial charge on any atom is 0.221 e. The number of nitrogens with zero attached hydrogens (tertiary/aromatic N) is 3. The maximum absolute atomic E-state index is 6.21. The second-order valence-electron chi connectivity index (χ2n) is 6.77. The zero-order valence-corrected chi connectivity index (χ0v) is 14.3. The predicted octanol–water partition coefficient (Wildman–Crippen LogP) is 3.60. The lowest BCUT2D eigenvalue weighted by Gasteiger charge is -2.26. The van der Waals surface area contributed by atoms with Gasteiger partial charge in [-0.25, -0.2) is 4.98 Å². The molecule has 0 unspecified atom stereocenters. The van der Waals surface area contributed by atoms with Gasteiger partial charge in [-0.3, -0.25) is 4.90 Å². The van der Waals surface area contributed by atoms with E-state index in [1.165, 1.54) is 32.4 Å². The summed E-state index contributed by atoms with van der Waals surface area (Å²) in [6, 6.07) is 0. The van der Waals surface area contributed by atoms with E-state index in [2.05, 4.69) is 35.6 Å². The fourth-order valence-electron chi connectivity index (χ4n) is 2.40. The van der Waals surface area contributed by atoms with Crippen LogP contribution >= 0.6 is 11.6 Å². The smallest absolute Gasteiger partial charge is 0.221 e. The monoisotopic (exact) mass is 311 g/mol. The Balaban J connectivity index is 2.00. The number of piperidine rings is 1. The topological polar surface area (TPSA) is 38.3 Å². The second-order valence-corrected chi connectivity index (χ2v) is 7.13. The summed E-state index contributed by atoms with van der Waals surface area (Å²) < 4.78 is 5.88. The summed E-state index contributed by atoms with van der Waals surface area (Å²) in [6.45, 7) is 12.1. The molecule has 0 bridgehead atoms. The number of hydrogen-bond donors (Lipinski definition) is 0. The summed E-state index contributed by atoms with van der Waals surface area (Å²) >= 11 is 6.21. The van der Waals surface area contributed by atoms with Crippen LogP contribution in [-0.4, -0.2) is 41.1 Å². The summed E-state index contributed by atoms with van der Waals surface area (Å²) in [7, 11) is 0. The number of rotatable bonds is 4. The fourth-order valence-corrected chi connectivity index (χ4v) is 2.56. The van der Waals surface area contributed by atoms with Gasteiger partial charge in [0.2, 0.25) is 5.88 Å². The van der Waals surface area contributed by atoms with E-state index in [4.69, 9.17) is 16.3 Å². The van der Waals surface area contributed by atoms with Crippen LogP contribution in [0.25, 0.3) is 0 Å². The van der Waals surface area contributed by atoms with Crippen LogP contribution < -0.4 is 4.74 Å². The van der Waals surface area contributed by atoms with E-state index in [1.807, 2.05) is 6.92 Å². The molecule has 0 radical (unpaired) electrons.